The predicted octanol–water partition coefficient (Wildman–Crippen LogP) is 8.52. The Balaban J connectivity index is 0.000000133. The van der Waals surface area contributed by atoms with Crippen LogP contribution in [0.15, 0.2) is 109 Å². The molecule has 2 aromatic heterocycles. The molecule has 0 atom stereocenters. The number of rotatable bonds is 1. The molecule has 0 aliphatic heterocycles. The van der Waals surface area contributed by atoms with Crippen LogP contribution in [0.2, 0.25) is 0 Å². The molecule has 0 saturated carbocycles. The van der Waals surface area contributed by atoms with Gasteiger partial charge in [0.2, 0.25) is 0 Å². The molecule has 1 radical (unpaired) electrons. The van der Waals surface area contributed by atoms with Crippen LogP contribution in [0.25, 0.3) is 66.8 Å². The van der Waals surface area contributed by atoms with E-state index in [1.54, 1.807) is 0 Å². The van der Waals surface area contributed by atoms with Crippen LogP contribution in [0, 0.1) is 12.1 Å². The van der Waals surface area contributed by atoms with Crippen molar-refractivity contribution >= 4 is 55.5 Å². The molecule has 0 spiro atoms. The second-order valence-electron chi connectivity index (χ2n) is 8.85. The van der Waals surface area contributed by atoms with Gasteiger partial charge in [-0.2, -0.15) is 0 Å². The van der Waals surface area contributed by atoms with Crippen molar-refractivity contribution in [2.45, 2.75) is 0 Å². The van der Waals surface area contributed by atoms with Crippen molar-refractivity contribution in [2.75, 3.05) is 0 Å². The van der Waals surface area contributed by atoms with Crippen LogP contribution in [0.4, 0.5) is 0 Å². The summed E-state index contributed by atoms with van der Waals surface area (Å²) in [5.41, 5.74) is 6.64. The zero-order chi connectivity index (χ0) is 23.9. The normalized spacial score (nSPS) is 11.5. The Bertz CT molecular complexity index is 1720. The molecule has 37 heavy (non-hydrogen) atoms. The first-order valence-electron chi connectivity index (χ1n) is 12.0. The van der Waals surface area contributed by atoms with Gasteiger partial charge in [-0.05, 0) is 45.2 Å². The molecule has 2 heterocycles. The fourth-order valence-corrected chi connectivity index (χ4v) is 5.12. The van der Waals surface area contributed by atoms with E-state index >= 15 is 0 Å². The molecule has 3 heteroatoms. The molecule has 0 amide bonds. The van der Waals surface area contributed by atoms with E-state index in [2.05, 4.69) is 89.9 Å². The minimum absolute atomic E-state index is 0. The Labute approximate surface area is 228 Å². The van der Waals surface area contributed by atoms with Crippen molar-refractivity contribution in [1.29, 1.82) is 0 Å². The van der Waals surface area contributed by atoms with Crippen LogP contribution in [0.1, 0.15) is 11.1 Å². The molecule has 1 aliphatic carbocycles. The minimum atomic E-state index is 0. The van der Waals surface area contributed by atoms with Crippen molar-refractivity contribution in [3.63, 3.8) is 0 Å². The maximum absolute atomic E-state index is 4.74. The van der Waals surface area contributed by atoms with Gasteiger partial charge >= 0.3 is 0 Å². The second kappa shape index (κ2) is 9.71. The van der Waals surface area contributed by atoms with E-state index in [1.807, 2.05) is 48.7 Å². The molecule has 0 bridgehead atoms. The van der Waals surface area contributed by atoms with Gasteiger partial charge in [-0.25, -0.2) is 0 Å². The largest absolute Gasteiger partial charge is 0.304 e. The molecular weight excluding hydrogens is 629 g/mol. The monoisotopic (exact) mass is 649 g/mol. The number of pyridine rings is 2. The van der Waals surface area contributed by atoms with Gasteiger partial charge in [-0.3, -0.25) is 4.98 Å². The number of hydrogen-bond donors (Lipinski definition) is 0. The molecule has 0 saturated heterocycles. The topological polar surface area (TPSA) is 25.8 Å². The standard InChI is InChI=1S/2C17H10N.Ir/c1-2-7-14-12(6-1)13-8-3-4-9-15(13)17-16(14)10-5-11-18-17;1-2-5-12(6-3-1)16-11-14-10-9-13-7-4-8-15(18-16)17(13)14;/h1-8,10-11H;1-5,7-11H;/q2*-1;. The van der Waals surface area contributed by atoms with Gasteiger partial charge in [-0.1, -0.05) is 71.5 Å². The maximum Gasteiger partial charge on any atom is 0.0607 e. The van der Waals surface area contributed by atoms with Crippen molar-refractivity contribution in [2.24, 2.45) is 0 Å². The molecule has 2 nitrogen and oxygen atoms in total. The summed E-state index contributed by atoms with van der Waals surface area (Å²) in [6, 6.07) is 41.6. The molecule has 0 fully saturated rings. The zero-order valence-corrected chi connectivity index (χ0v) is 22.2. The third kappa shape index (κ3) is 4.03. The summed E-state index contributed by atoms with van der Waals surface area (Å²) in [5, 5.41) is 7.31. The number of nitrogens with zero attached hydrogens (tertiary/aromatic N) is 2. The smallest absolute Gasteiger partial charge is 0.0607 e. The van der Waals surface area contributed by atoms with Crippen LogP contribution < -0.4 is 0 Å². The Morgan fingerprint density at radius 1 is 0.595 bits per heavy atom. The van der Waals surface area contributed by atoms with Crippen molar-refractivity contribution < 1.29 is 20.1 Å². The zero-order valence-electron chi connectivity index (χ0n) is 19.8. The summed E-state index contributed by atoms with van der Waals surface area (Å²) in [7, 11) is 0. The Morgan fingerprint density at radius 2 is 1.35 bits per heavy atom. The summed E-state index contributed by atoms with van der Waals surface area (Å²) in [6.07, 6.45) is 6.15. The van der Waals surface area contributed by atoms with Gasteiger partial charge in [0.1, 0.15) is 0 Å². The number of aromatic nitrogens is 2. The first-order valence-corrected chi connectivity index (χ1v) is 12.0. The molecule has 1 aliphatic rings. The quantitative estimate of drug-likeness (QED) is 0.132. The summed E-state index contributed by atoms with van der Waals surface area (Å²) in [4.78, 5) is 9.26. The number of benzene rings is 5. The van der Waals surface area contributed by atoms with Crippen LogP contribution in [-0.2, 0) is 20.1 Å². The Kier molecular flexibility index (Phi) is 6.10. The summed E-state index contributed by atoms with van der Waals surface area (Å²) in [5.74, 6) is 0. The molecule has 5 aromatic carbocycles. The predicted molar refractivity (Wildman–Crippen MR) is 151 cm³/mol. The Morgan fingerprint density at radius 3 is 2.22 bits per heavy atom. The van der Waals surface area contributed by atoms with E-state index in [9.17, 15) is 0 Å². The number of fused-ring (bicyclic) bond motifs is 6. The maximum atomic E-state index is 4.74. The van der Waals surface area contributed by atoms with E-state index in [0.717, 1.165) is 27.7 Å². The van der Waals surface area contributed by atoms with Gasteiger partial charge in [-0.15, -0.1) is 65.5 Å². The van der Waals surface area contributed by atoms with Gasteiger partial charge in [0, 0.05) is 31.7 Å². The van der Waals surface area contributed by atoms with E-state index in [0.29, 0.717) is 0 Å². The second-order valence-corrected chi connectivity index (χ2v) is 8.85. The fraction of sp³-hybridized carbons (Fsp3) is 0. The first kappa shape index (κ1) is 23.2. The van der Waals surface area contributed by atoms with Crippen molar-refractivity contribution in [3.05, 3.63) is 133 Å². The van der Waals surface area contributed by atoms with Crippen LogP contribution in [-0.4, -0.2) is 9.97 Å². The SMILES string of the molecule is [Ir].[c-]1cccc2c1c1ncccc1c1ccccc21.[c-]1ccccc1-c1cc2c3c(cccc3n1)C=C2. The molecule has 177 valence electrons. The van der Waals surface area contributed by atoms with Gasteiger partial charge in [0.25, 0.3) is 0 Å². The van der Waals surface area contributed by atoms with E-state index < -0.39 is 0 Å². The van der Waals surface area contributed by atoms with E-state index in [1.165, 1.54) is 38.1 Å². The molecule has 8 rings (SSSR count). The number of hydrogen-bond acceptors (Lipinski definition) is 2. The fourth-order valence-electron chi connectivity index (χ4n) is 5.12. The molecule has 7 aromatic rings. The summed E-state index contributed by atoms with van der Waals surface area (Å²) >= 11 is 0. The average molecular weight is 649 g/mol. The van der Waals surface area contributed by atoms with Gasteiger partial charge in [0.15, 0.2) is 0 Å². The third-order valence-corrected chi connectivity index (χ3v) is 6.73. The minimum Gasteiger partial charge on any atom is -0.304 e. The summed E-state index contributed by atoms with van der Waals surface area (Å²) < 4.78 is 0. The van der Waals surface area contributed by atoms with E-state index in [-0.39, 0.29) is 20.1 Å². The average Bonchev–Trinajstić information content (AvgIpc) is 3.38. The van der Waals surface area contributed by atoms with Crippen LogP contribution in [0.3, 0.4) is 0 Å². The van der Waals surface area contributed by atoms with Gasteiger partial charge < -0.3 is 4.98 Å². The van der Waals surface area contributed by atoms with Crippen LogP contribution in [0.5, 0.6) is 0 Å². The molecular formula is C34H20IrN2-2. The molecule has 0 unspecified atom stereocenters. The first-order chi connectivity index (χ1) is 17.9. The molecule has 0 N–H and O–H groups in total. The van der Waals surface area contributed by atoms with Crippen LogP contribution >= 0.6 is 0 Å². The van der Waals surface area contributed by atoms with E-state index in [4.69, 9.17) is 4.98 Å². The van der Waals surface area contributed by atoms with Crippen molar-refractivity contribution in [3.8, 4) is 11.3 Å². The van der Waals surface area contributed by atoms with Gasteiger partial charge in [0.05, 0.1) is 5.52 Å². The third-order valence-electron chi connectivity index (χ3n) is 6.73. The van der Waals surface area contributed by atoms with Crippen molar-refractivity contribution in [1.82, 2.24) is 9.97 Å². The Hall–Kier alpha value is -4.17. The summed E-state index contributed by atoms with van der Waals surface area (Å²) in [6.45, 7) is 0.